The van der Waals surface area contributed by atoms with Crippen LogP contribution >= 0.6 is 11.6 Å². The van der Waals surface area contributed by atoms with Gasteiger partial charge in [-0.2, -0.15) is 0 Å². The van der Waals surface area contributed by atoms with Crippen molar-refractivity contribution in [3.8, 4) is 0 Å². The number of carbonyl (C=O) groups excluding carboxylic acids is 1. The van der Waals surface area contributed by atoms with Gasteiger partial charge in [-0.3, -0.25) is 4.79 Å². The predicted octanol–water partition coefficient (Wildman–Crippen LogP) is 3.27. The van der Waals surface area contributed by atoms with Crippen LogP contribution in [0.25, 0.3) is 0 Å². The van der Waals surface area contributed by atoms with Gasteiger partial charge in [0.1, 0.15) is 5.82 Å². The van der Waals surface area contributed by atoms with Gasteiger partial charge >= 0.3 is 0 Å². The van der Waals surface area contributed by atoms with E-state index >= 15 is 0 Å². The third kappa shape index (κ3) is 3.02. The van der Waals surface area contributed by atoms with E-state index in [1.165, 1.54) is 18.2 Å². The molecule has 2 unspecified atom stereocenters. The highest BCUT2D eigenvalue weighted by molar-refractivity contribution is 6.21. The lowest BCUT2D eigenvalue weighted by molar-refractivity contribution is 0.0947. The van der Waals surface area contributed by atoms with E-state index in [1.54, 1.807) is 6.92 Å². The Morgan fingerprint density at radius 1 is 1.50 bits per heavy atom. The Balaban J connectivity index is 1.95. The first kappa shape index (κ1) is 13.3. The summed E-state index contributed by atoms with van der Waals surface area (Å²) in [5, 5.41) is 3.05. The summed E-state index contributed by atoms with van der Waals surface area (Å²) in [7, 11) is 0. The van der Waals surface area contributed by atoms with E-state index in [1.807, 2.05) is 0 Å². The van der Waals surface area contributed by atoms with Crippen LogP contribution in [0.4, 0.5) is 4.39 Å². The molecular weight excluding hydrogens is 253 g/mol. The molecule has 1 aromatic rings. The fourth-order valence-electron chi connectivity index (χ4n) is 2.42. The van der Waals surface area contributed by atoms with Gasteiger partial charge in [0.05, 0.1) is 0 Å². The molecule has 1 aliphatic carbocycles. The lowest BCUT2D eigenvalue weighted by atomic mass is 10.1. The molecule has 0 aromatic heterocycles. The highest BCUT2D eigenvalue weighted by atomic mass is 35.5. The minimum atomic E-state index is -0.319. The first-order valence-corrected chi connectivity index (χ1v) is 6.70. The van der Waals surface area contributed by atoms with Crippen LogP contribution < -0.4 is 5.32 Å². The van der Waals surface area contributed by atoms with E-state index in [-0.39, 0.29) is 17.1 Å². The maximum Gasteiger partial charge on any atom is 0.251 e. The molecule has 0 heterocycles. The van der Waals surface area contributed by atoms with Gasteiger partial charge in [0.25, 0.3) is 5.91 Å². The van der Waals surface area contributed by atoms with Gasteiger partial charge in [-0.1, -0.05) is 6.42 Å². The van der Waals surface area contributed by atoms with Gasteiger partial charge in [0.15, 0.2) is 0 Å². The van der Waals surface area contributed by atoms with Crippen LogP contribution in [-0.2, 0) is 0 Å². The minimum Gasteiger partial charge on any atom is -0.352 e. The van der Waals surface area contributed by atoms with Gasteiger partial charge in [-0.15, -0.1) is 11.6 Å². The molecule has 0 aliphatic heterocycles. The summed E-state index contributed by atoms with van der Waals surface area (Å²) in [4.78, 5) is 12.0. The standard InChI is InChI=1S/C14H17ClFNO/c1-9-7-11(16)5-6-12(9)14(18)17-8-10-3-2-4-13(10)15/h5-7,10,13H,2-4,8H2,1H3,(H,17,18). The van der Waals surface area contributed by atoms with E-state index in [4.69, 9.17) is 11.6 Å². The lowest BCUT2D eigenvalue weighted by Gasteiger charge is -2.15. The van der Waals surface area contributed by atoms with Crippen molar-refractivity contribution in [3.05, 3.63) is 35.1 Å². The summed E-state index contributed by atoms with van der Waals surface area (Å²) >= 11 is 6.16. The van der Waals surface area contributed by atoms with Crippen molar-refractivity contribution in [2.45, 2.75) is 31.6 Å². The second kappa shape index (κ2) is 5.70. The van der Waals surface area contributed by atoms with Crippen LogP contribution in [0.3, 0.4) is 0 Å². The van der Waals surface area contributed by atoms with E-state index in [2.05, 4.69) is 5.32 Å². The van der Waals surface area contributed by atoms with Crippen molar-refractivity contribution < 1.29 is 9.18 Å². The third-order valence-corrected chi connectivity index (χ3v) is 4.10. The number of amides is 1. The topological polar surface area (TPSA) is 29.1 Å². The van der Waals surface area contributed by atoms with Gasteiger partial charge in [0.2, 0.25) is 0 Å². The largest absolute Gasteiger partial charge is 0.352 e. The van der Waals surface area contributed by atoms with Crippen LogP contribution in [0.15, 0.2) is 18.2 Å². The van der Waals surface area contributed by atoms with Crippen LogP contribution in [0.2, 0.25) is 0 Å². The Morgan fingerprint density at radius 2 is 2.28 bits per heavy atom. The molecule has 2 nitrogen and oxygen atoms in total. The molecular formula is C14H17ClFNO. The number of carbonyl (C=O) groups is 1. The molecule has 1 amide bonds. The SMILES string of the molecule is Cc1cc(F)ccc1C(=O)NCC1CCCC1Cl. The average Bonchev–Trinajstić information content (AvgIpc) is 2.72. The van der Waals surface area contributed by atoms with Crippen molar-refractivity contribution in [2.24, 2.45) is 5.92 Å². The second-order valence-corrected chi connectivity index (χ2v) is 5.44. The molecule has 0 spiro atoms. The molecule has 0 bridgehead atoms. The number of benzene rings is 1. The normalized spacial score (nSPS) is 23.1. The highest BCUT2D eigenvalue weighted by Gasteiger charge is 2.25. The van der Waals surface area contributed by atoms with E-state index < -0.39 is 0 Å². The second-order valence-electron chi connectivity index (χ2n) is 4.88. The van der Waals surface area contributed by atoms with Crippen LogP contribution in [-0.4, -0.2) is 17.8 Å². The first-order chi connectivity index (χ1) is 8.58. The third-order valence-electron chi connectivity index (χ3n) is 3.52. The van der Waals surface area contributed by atoms with Crippen molar-refractivity contribution in [2.75, 3.05) is 6.54 Å². The van der Waals surface area contributed by atoms with Crippen molar-refractivity contribution in [1.82, 2.24) is 5.32 Å². The lowest BCUT2D eigenvalue weighted by Crippen LogP contribution is -2.31. The van der Waals surface area contributed by atoms with Crippen LogP contribution in [0.1, 0.15) is 35.2 Å². The number of aryl methyl sites for hydroxylation is 1. The van der Waals surface area contributed by atoms with E-state index in [0.717, 1.165) is 19.3 Å². The van der Waals surface area contributed by atoms with Gasteiger partial charge < -0.3 is 5.32 Å². The molecule has 1 aromatic carbocycles. The van der Waals surface area contributed by atoms with Gasteiger partial charge in [-0.05, 0) is 49.4 Å². The van der Waals surface area contributed by atoms with Crippen molar-refractivity contribution in [3.63, 3.8) is 0 Å². The highest BCUT2D eigenvalue weighted by Crippen LogP contribution is 2.29. The molecule has 98 valence electrons. The summed E-state index contributed by atoms with van der Waals surface area (Å²) in [6.07, 6.45) is 3.22. The summed E-state index contributed by atoms with van der Waals surface area (Å²) in [6.45, 7) is 2.34. The fraction of sp³-hybridized carbons (Fsp3) is 0.500. The fourth-order valence-corrected chi connectivity index (χ4v) is 2.79. The molecule has 4 heteroatoms. The quantitative estimate of drug-likeness (QED) is 0.839. The first-order valence-electron chi connectivity index (χ1n) is 6.26. The molecule has 1 N–H and O–H groups in total. The zero-order valence-electron chi connectivity index (χ0n) is 10.4. The zero-order valence-corrected chi connectivity index (χ0v) is 11.1. The summed E-state index contributed by atoms with van der Waals surface area (Å²) in [6, 6.07) is 4.20. The van der Waals surface area contributed by atoms with Crippen molar-refractivity contribution >= 4 is 17.5 Å². The summed E-state index contributed by atoms with van der Waals surface area (Å²) in [5.74, 6) is -0.111. The van der Waals surface area contributed by atoms with E-state index in [9.17, 15) is 9.18 Å². The maximum absolute atomic E-state index is 12.9. The molecule has 2 rings (SSSR count). The molecule has 2 atom stereocenters. The number of halogens is 2. The van der Waals surface area contributed by atoms with Gasteiger partial charge in [-0.25, -0.2) is 4.39 Å². The number of hydrogen-bond donors (Lipinski definition) is 1. The summed E-state index contributed by atoms with van der Waals surface area (Å²) in [5.41, 5.74) is 1.18. The maximum atomic E-state index is 12.9. The predicted molar refractivity (Wildman–Crippen MR) is 70.5 cm³/mol. The molecule has 0 saturated heterocycles. The minimum absolute atomic E-state index is 0.150. The molecule has 1 aliphatic rings. The average molecular weight is 270 g/mol. The van der Waals surface area contributed by atoms with E-state index in [0.29, 0.717) is 23.6 Å². The smallest absolute Gasteiger partial charge is 0.251 e. The number of rotatable bonds is 3. The molecule has 1 saturated carbocycles. The zero-order chi connectivity index (χ0) is 13.1. The summed E-state index contributed by atoms with van der Waals surface area (Å²) < 4.78 is 12.9. The Kier molecular flexibility index (Phi) is 4.23. The monoisotopic (exact) mass is 269 g/mol. The Morgan fingerprint density at radius 3 is 2.89 bits per heavy atom. The Hall–Kier alpha value is -1.09. The molecule has 1 fully saturated rings. The number of hydrogen-bond acceptors (Lipinski definition) is 1. The molecule has 18 heavy (non-hydrogen) atoms. The number of alkyl halides is 1. The van der Waals surface area contributed by atoms with Crippen LogP contribution in [0, 0.1) is 18.7 Å². The Bertz CT molecular complexity index is 449. The van der Waals surface area contributed by atoms with Crippen LogP contribution in [0.5, 0.6) is 0 Å². The molecule has 0 radical (unpaired) electrons. The Labute approximate surface area is 112 Å². The van der Waals surface area contributed by atoms with Crippen molar-refractivity contribution in [1.29, 1.82) is 0 Å². The van der Waals surface area contributed by atoms with Gasteiger partial charge in [0, 0.05) is 17.5 Å². The number of nitrogens with one attached hydrogen (secondary N) is 1.